The Balaban J connectivity index is 1.75. The third-order valence-corrected chi connectivity index (χ3v) is 5.72. The number of rotatable bonds is 6. The Morgan fingerprint density at radius 3 is 2.51 bits per heavy atom. The minimum atomic E-state index is -0.359. The molecule has 0 fully saturated rings. The number of furan rings is 1. The van der Waals surface area contributed by atoms with Gasteiger partial charge in [0.15, 0.2) is 17.3 Å². The molecule has 0 aliphatic heterocycles. The second-order valence-corrected chi connectivity index (χ2v) is 7.96. The van der Waals surface area contributed by atoms with Gasteiger partial charge in [0.1, 0.15) is 11.3 Å². The summed E-state index contributed by atoms with van der Waals surface area (Å²) in [6, 6.07) is 17.6. The number of hydrogen-bond acceptors (Lipinski definition) is 7. The second-order valence-electron chi connectivity index (χ2n) is 7.53. The first-order valence-electron chi connectivity index (χ1n) is 10.6. The van der Waals surface area contributed by atoms with Gasteiger partial charge in [0, 0.05) is 16.7 Å². The minimum absolute atomic E-state index is 0.233. The standard InChI is InChI=1S/C26H20ClN3O5/c1-32-20-9-6-10-21-18(20)13-23(35-21)25-29-19-8-5-4-7-17(19)26(31)30(25)28-14-15-11-16(27)12-22(33-2)24(15)34-3/h4-14H,1-3H3. The molecule has 0 atom stereocenters. The third-order valence-electron chi connectivity index (χ3n) is 5.50. The summed E-state index contributed by atoms with van der Waals surface area (Å²) in [5.74, 6) is 2.11. The third kappa shape index (κ3) is 3.98. The molecule has 0 saturated carbocycles. The molecule has 2 heterocycles. The zero-order valence-corrected chi connectivity index (χ0v) is 19.9. The maximum absolute atomic E-state index is 13.5. The minimum Gasteiger partial charge on any atom is -0.496 e. The van der Waals surface area contributed by atoms with Gasteiger partial charge in [-0.1, -0.05) is 29.8 Å². The molecule has 0 aliphatic rings. The van der Waals surface area contributed by atoms with E-state index in [0.717, 1.165) is 5.39 Å². The van der Waals surface area contributed by atoms with Crippen molar-refractivity contribution in [3.05, 3.63) is 81.6 Å². The van der Waals surface area contributed by atoms with E-state index in [1.165, 1.54) is 25.1 Å². The first-order valence-corrected chi connectivity index (χ1v) is 11.0. The van der Waals surface area contributed by atoms with Crippen LogP contribution in [0.4, 0.5) is 0 Å². The predicted octanol–water partition coefficient (Wildman–Crippen LogP) is 5.37. The molecule has 0 spiro atoms. The van der Waals surface area contributed by atoms with Crippen LogP contribution in [0.25, 0.3) is 33.5 Å². The van der Waals surface area contributed by atoms with Gasteiger partial charge in [0.2, 0.25) is 5.82 Å². The van der Waals surface area contributed by atoms with Crippen LogP contribution >= 0.6 is 11.6 Å². The molecule has 9 heteroatoms. The van der Waals surface area contributed by atoms with Gasteiger partial charge in [-0.2, -0.15) is 9.78 Å². The van der Waals surface area contributed by atoms with Crippen molar-refractivity contribution in [1.82, 2.24) is 9.66 Å². The van der Waals surface area contributed by atoms with E-state index in [0.29, 0.717) is 50.1 Å². The van der Waals surface area contributed by atoms with Gasteiger partial charge in [0.05, 0.1) is 43.8 Å². The number of hydrogen-bond donors (Lipinski definition) is 0. The molecule has 3 aromatic carbocycles. The number of nitrogens with zero attached hydrogens (tertiary/aromatic N) is 3. The van der Waals surface area contributed by atoms with Gasteiger partial charge in [0.25, 0.3) is 5.56 Å². The van der Waals surface area contributed by atoms with E-state index < -0.39 is 0 Å². The Morgan fingerprint density at radius 2 is 1.74 bits per heavy atom. The second kappa shape index (κ2) is 9.15. The van der Waals surface area contributed by atoms with Crippen molar-refractivity contribution in [2.45, 2.75) is 0 Å². The maximum Gasteiger partial charge on any atom is 0.282 e. The first-order chi connectivity index (χ1) is 17.0. The molecule has 0 unspecified atom stereocenters. The highest BCUT2D eigenvalue weighted by Gasteiger charge is 2.18. The number of ether oxygens (including phenoxy) is 3. The van der Waals surface area contributed by atoms with Crippen molar-refractivity contribution in [1.29, 1.82) is 0 Å². The average molecular weight is 490 g/mol. The van der Waals surface area contributed by atoms with Crippen molar-refractivity contribution < 1.29 is 18.6 Å². The van der Waals surface area contributed by atoms with Gasteiger partial charge in [-0.15, -0.1) is 0 Å². The first kappa shape index (κ1) is 22.5. The highest BCUT2D eigenvalue weighted by atomic mass is 35.5. The number of fused-ring (bicyclic) bond motifs is 2. The molecule has 2 aromatic heterocycles. The van der Waals surface area contributed by atoms with Crippen LogP contribution in [0, 0.1) is 0 Å². The monoisotopic (exact) mass is 489 g/mol. The summed E-state index contributed by atoms with van der Waals surface area (Å²) in [4.78, 5) is 18.2. The van der Waals surface area contributed by atoms with Crippen LogP contribution in [0.5, 0.6) is 17.2 Å². The van der Waals surface area contributed by atoms with Gasteiger partial charge >= 0.3 is 0 Å². The molecule has 176 valence electrons. The molecule has 8 nitrogen and oxygen atoms in total. The Morgan fingerprint density at radius 1 is 0.943 bits per heavy atom. The molecule has 0 saturated heterocycles. The summed E-state index contributed by atoms with van der Waals surface area (Å²) in [5.41, 5.74) is 1.28. The predicted molar refractivity (Wildman–Crippen MR) is 135 cm³/mol. The van der Waals surface area contributed by atoms with Crippen LogP contribution in [-0.4, -0.2) is 37.2 Å². The Bertz CT molecular complexity index is 1660. The lowest BCUT2D eigenvalue weighted by molar-refractivity contribution is 0.354. The topological polar surface area (TPSA) is 88.1 Å². The molecule has 0 amide bonds. The molecule has 35 heavy (non-hydrogen) atoms. The molecular weight excluding hydrogens is 470 g/mol. The zero-order chi connectivity index (χ0) is 24.5. The number of halogens is 1. The van der Waals surface area contributed by atoms with Crippen LogP contribution in [0.15, 0.2) is 75.0 Å². The maximum atomic E-state index is 13.5. The fourth-order valence-electron chi connectivity index (χ4n) is 3.89. The molecule has 0 bridgehead atoms. The summed E-state index contributed by atoms with van der Waals surface area (Å²) in [6.07, 6.45) is 1.47. The van der Waals surface area contributed by atoms with Crippen LogP contribution in [0.1, 0.15) is 5.56 Å². The van der Waals surface area contributed by atoms with Crippen molar-refractivity contribution in [2.24, 2.45) is 5.10 Å². The van der Waals surface area contributed by atoms with Crippen LogP contribution < -0.4 is 19.8 Å². The van der Waals surface area contributed by atoms with Crippen LogP contribution in [0.2, 0.25) is 5.02 Å². The number of methoxy groups -OCH3 is 3. The van der Waals surface area contributed by atoms with Gasteiger partial charge < -0.3 is 18.6 Å². The van der Waals surface area contributed by atoms with E-state index >= 15 is 0 Å². The normalized spacial score (nSPS) is 11.4. The van der Waals surface area contributed by atoms with E-state index in [2.05, 4.69) is 5.10 Å². The quantitative estimate of drug-likeness (QED) is 0.298. The van der Waals surface area contributed by atoms with E-state index in [-0.39, 0.29) is 11.4 Å². The molecule has 0 aliphatic carbocycles. The van der Waals surface area contributed by atoms with Crippen molar-refractivity contribution >= 4 is 39.7 Å². The van der Waals surface area contributed by atoms with Crippen molar-refractivity contribution in [2.75, 3.05) is 21.3 Å². The fourth-order valence-corrected chi connectivity index (χ4v) is 4.10. The largest absolute Gasteiger partial charge is 0.496 e. The molecule has 0 N–H and O–H groups in total. The van der Waals surface area contributed by atoms with Crippen molar-refractivity contribution in [3.63, 3.8) is 0 Å². The SMILES string of the molecule is COc1cc(Cl)cc(C=Nn2c(-c3cc4c(OC)cccc4o3)nc3ccccc3c2=O)c1OC. The molecule has 5 rings (SSSR count). The zero-order valence-electron chi connectivity index (χ0n) is 19.1. The lowest BCUT2D eigenvalue weighted by Crippen LogP contribution is -2.20. The molecule has 0 radical (unpaired) electrons. The fraction of sp³-hybridized carbons (Fsp3) is 0.115. The highest BCUT2D eigenvalue weighted by molar-refractivity contribution is 6.31. The number of benzene rings is 3. The van der Waals surface area contributed by atoms with Gasteiger partial charge in [-0.25, -0.2) is 4.98 Å². The van der Waals surface area contributed by atoms with Crippen molar-refractivity contribution in [3.8, 4) is 28.8 Å². The number of aromatic nitrogens is 2. The summed E-state index contributed by atoms with van der Waals surface area (Å²) in [7, 11) is 4.61. The Kier molecular flexibility index (Phi) is 5.88. The number of para-hydroxylation sites is 1. The summed E-state index contributed by atoms with van der Waals surface area (Å²) < 4.78 is 23.5. The van der Waals surface area contributed by atoms with E-state index in [1.807, 2.05) is 24.3 Å². The lowest BCUT2D eigenvalue weighted by atomic mass is 10.2. The van der Waals surface area contributed by atoms with Gasteiger partial charge in [-0.3, -0.25) is 4.79 Å². The molecule has 5 aromatic rings. The Hall–Kier alpha value is -4.30. The summed E-state index contributed by atoms with van der Waals surface area (Å²) in [5, 5.41) is 6.07. The average Bonchev–Trinajstić information content (AvgIpc) is 3.32. The van der Waals surface area contributed by atoms with E-state index in [1.54, 1.807) is 43.5 Å². The van der Waals surface area contributed by atoms with E-state index in [4.69, 9.17) is 35.2 Å². The Labute approximate surface area is 204 Å². The van der Waals surface area contributed by atoms with Gasteiger partial charge in [-0.05, 0) is 36.4 Å². The smallest absolute Gasteiger partial charge is 0.282 e. The van der Waals surface area contributed by atoms with Crippen LogP contribution in [-0.2, 0) is 0 Å². The lowest BCUT2D eigenvalue weighted by Gasteiger charge is -2.11. The highest BCUT2D eigenvalue weighted by Crippen LogP contribution is 2.34. The van der Waals surface area contributed by atoms with E-state index in [9.17, 15) is 4.79 Å². The summed E-state index contributed by atoms with van der Waals surface area (Å²) >= 11 is 6.24. The van der Waals surface area contributed by atoms with Crippen LogP contribution in [0.3, 0.4) is 0 Å². The molecular formula is C26H20ClN3O5. The summed E-state index contributed by atoms with van der Waals surface area (Å²) in [6.45, 7) is 0.